The van der Waals surface area contributed by atoms with E-state index in [9.17, 15) is 0 Å². The van der Waals surface area contributed by atoms with Crippen molar-refractivity contribution in [3.8, 4) is 0 Å². The molecule has 5 heteroatoms. The molecule has 0 unspecified atom stereocenters. The summed E-state index contributed by atoms with van der Waals surface area (Å²) in [7, 11) is 0. The van der Waals surface area contributed by atoms with Gasteiger partial charge in [-0.25, -0.2) is 0 Å². The molecule has 2 nitrogen and oxygen atoms in total. The minimum absolute atomic E-state index is 0.0436. The van der Waals surface area contributed by atoms with Gasteiger partial charge >= 0.3 is 0 Å². The zero-order valence-corrected chi connectivity index (χ0v) is 15.7. The molecule has 1 heterocycles. The fraction of sp³-hybridized carbons (Fsp3) is 0.150. The zero-order chi connectivity index (χ0) is 17.4. The molecule has 2 N–H and O–H groups in total. The second kappa shape index (κ2) is 6.83. The number of rotatable bonds is 2. The number of halogens is 2. The highest BCUT2D eigenvalue weighted by molar-refractivity contribution is 7.80. The standard InChI is InChI=1S/C20H16Cl2N2S/c21-15-6-1-12(2-7-15)11-14-5-10-17-18(14)19(24-20(25)23-17)13-3-8-16(22)9-4-13/h1-4,6-9,11,19H,5,10H2,(H2,23,24,25)/b14-11-/t19-/m0/s1. The number of thiocarbonyl (C=S) groups is 1. The van der Waals surface area contributed by atoms with Gasteiger partial charge in [-0.05, 0) is 66.0 Å². The smallest absolute Gasteiger partial charge is 0.171 e. The normalized spacial score (nSPS) is 21.1. The molecular weight excluding hydrogens is 371 g/mol. The lowest BCUT2D eigenvalue weighted by Crippen LogP contribution is -2.42. The number of benzene rings is 2. The van der Waals surface area contributed by atoms with Crippen molar-refractivity contribution in [1.29, 1.82) is 0 Å². The van der Waals surface area contributed by atoms with Crippen molar-refractivity contribution >= 4 is 46.6 Å². The first-order chi connectivity index (χ1) is 12.1. The molecule has 4 rings (SSSR count). The first kappa shape index (κ1) is 16.6. The van der Waals surface area contributed by atoms with Crippen LogP contribution in [0.25, 0.3) is 6.08 Å². The number of hydrogen-bond acceptors (Lipinski definition) is 1. The average molecular weight is 387 g/mol. The maximum absolute atomic E-state index is 6.05. The Morgan fingerprint density at radius 2 is 1.56 bits per heavy atom. The first-order valence-corrected chi connectivity index (χ1v) is 9.29. The van der Waals surface area contributed by atoms with E-state index < -0.39 is 0 Å². The molecular formula is C20H16Cl2N2S. The van der Waals surface area contributed by atoms with Crippen LogP contribution in [0.1, 0.15) is 30.0 Å². The van der Waals surface area contributed by atoms with Crippen molar-refractivity contribution in [3.63, 3.8) is 0 Å². The second-order valence-corrected chi connectivity index (χ2v) is 7.48. The number of hydrogen-bond donors (Lipinski definition) is 2. The van der Waals surface area contributed by atoms with Gasteiger partial charge in [0.2, 0.25) is 0 Å². The van der Waals surface area contributed by atoms with Crippen LogP contribution in [-0.4, -0.2) is 5.11 Å². The molecule has 126 valence electrons. The Kier molecular flexibility index (Phi) is 4.55. The van der Waals surface area contributed by atoms with Gasteiger partial charge in [-0.1, -0.05) is 53.5 Å². The quantitative estimate of drug-likeness (QED) is 0.652. The highest BCUT2D eigenvalue weighted by Gasteiger charge is 2.32. The summed E-state index contributed by atoms with van der Waals surface area (Å²) in [5.41, 5.74) is 6.12. The molecule has 2 aliphatic rings. The summed E-state index contributed by atoms with van der Waals surface area (Å²) >= 11 is 17.4. The molecule has 0 aromatic heterocycles. The Morgan fingerprint density at radius 3 is 2.24 bits per heavy atom. The van der Waals surface area contributed by atoms with Crippen molar-refractivity contribution in [2.75, 3.05) is 0 Å². The van der Waals surface area contributed by atoms with Crippen molar-refractivity contribution < 1.29 is 0 Å². The van der Waals surface area contributed by atoms with Gasteiger partial charge in [0.1, 0.15) is 0 Å². The van der Waals surface area contributed by atoms with Crippen LogP contribution in [0.15, 0.2) is 65.4 Å². The molecule has 0 bridgehead atoms. The lowest BCUT2D eigenvalue weighted by atomic mass is 9.92. The maximum Gasteiger partial charge on any atom is 0.171 e. The van der Waals surface area contributed by atoms with Gasteiger partial charge in [0.15, 0.2) is 5.11 Å². The SMILES string of the molecule is S=C1NC2=C(/C(=C\c3ccc(Cl)cc3)CC2)[C@H](c2ccc(Cl)cc2)N1. The van der Waals surface area contributed by atoms with Crippen LogP contribution >= 0.6 is 35.4 Å². The van der Waals surface area contributed by atoms with E-state index in [0.29, 0.717) is 5.11 Å². The van der Waals surface area contributed by atoms with E-state index in [0.717, 1.165) is 34.0 Å². The number of nitrogens with one attached hydrogen (secondary N) is 2. The average Bonchev–Trinajstić information content (AvgIpc) is 2.99. The van der Waals surface area contributed by atoms with E-state index in [1.165, 1.54) is 16.8 Å². The van der Waals surface area contributed by atoms with Crippen LogP contribution < -0.4 is 10.6 Å². The topological polar surface area (TPSA) is 24.1 Å². The lowest BCUT2D eigenvalue weighted by molar-refractivity contribution is 0.708. The largest absolute Gasteiger partial charge is 0.351 e. The monoisotopic (exact) mass is 386 g/mol. The van der Waals surface area contributed by atoms with E-state index in [-0.39, 0.29) is 6.04 Å². The molecule has 0 fully saturated rings. The summed E-state index contributed by atoms with van der Waals surface area (Å²) in [5.74, 6) is 0. The first-order valence-electron chi connectivity index (χ1n) is 8.13. The molecule has 1 aliphatic heterocycles. The molecule has 1 atom stereocenters. The number of allylic oxidation sites excluding steroid dienone is 1. The van der Waals surface area contributed by atoms with Crippen molar-refractivity contribution in [2.45, 2.75) is 18.9 Å². The summed E-state index contributed by atoms with van der Waals surface area (Å²) in [6.07, 6.45) is 4.20. The summed E-state index contributed by atoms with van der Waals surface area (Å²) in [5, 5.41) is 8.89. The molecule has 2 aromatic rings. The van der Waals surface area contributed by atoms with Crippen LogP contribution in [-0.2, 0) is 0 Å². The van der Waals surface area contributed by atoms with Gasteiger partial charge in [-0.3, -0.25) is 0 Å². The Hall–Kier alpha value is -1.81. The van der Waals surface area contributed by atoms with Gasteiger partial charge < -0.3 is 10.6 Å². The Morgan fingerprint density at radius 1 is 0.920 bits per heavy atom. The predicted molar refractivity (Wildman–Crippen MR) is 109 cm³/mol. The molecule has 2 aromatic carbocycles. The Labute approximate surface area is 162 Å². The van der Waals surface area contributed by atoms with Crippen molar-refractivity contribution in [2.24, 2.45) is 0 Å². The zero-order valence-electron chi connectivity index (χ0n) is 13.4. The summed E-state index contributed by atoms with van der Waals surface area (Å²) in [6.45, 7) is 0. The maximum atomic E-state index is 6.05. The van der Waals surface area contributed by atoms with E-state index in [4.69, 9.17) is 35.4 Å². The minimum atomic E-state index is 0.0436. The summed E-state index contributed by atoms with van der Waals surface area (Å²) in [4.78, 5) is 0. The van der Waals surface area contributed by atoms with Crippen molar-refractivity contribution in [1.82, 2.24) is 10.6 Å². The van der Waals surface area contributed by atoms with Crippen molar-refractivity contribution in [3.05, 3.63) is 86.5 Å². The predicted octanol–water partition coefficient (Wildman–Crippen LogP) is 5.64. The molecule has 0 amide bonds. The molecule has 0 saturated heterocycles. The van der Waals surface area contributed by atoms with Gasteiger partial charge in [0.05, 0.1) is 6.04 Å². The van der Waals surface area contributed by atoms with E-state index in [2.05, 4.69) is 28.8 Å². The highest BCUT2D eigenvalue weighted by Crippen LogP contribution is 2.41. The lowest BCUT2D eigenvalue weighted by Gasteiger charge is -2.30. The highest BCUT2D eigenvalue weighted by atomic mass is 35.5. The summed E-state index contributed by atoms with van der Waals surface area (Å²) < 4.78 is 0. The second-order valence-electron chi connectivity index (χ2n) is 6.20. The van der Waals surface area contributed by atoms with Crippen LogP contribution in [0.3, 0.4) is 0 Å². The molecule has 1 aliphatic carbocycles. The molecule has 25 heavy (non-hydrogen) atoms. The molecule has 0 saturated carbocycles. The van der Waals surface area contributed by atoms with Crippen LogP contribution in [0.4, 0.5) is 0 Å². The van der Waals surface area contributed by atoms with E-state index in [1.54, 1.807) is 0 Å². The molecule has 0 radical (unpaired) electrons. The van der Waals surface area contributed by atoms with E-state index >= 15 is 0 Å². The third-order valence-electron chi connectivity index (χ3n) is 4.56. The third kappa shape index (κ3) is 3.45. The minimum Gasteiger partial charge on any atom is -0.351 e. The third-order valence-corrected chi connectivity index (χ3v) is 5.28. The Balaban J connectivity index is 1.75. The van der Waals surface area contributed by atoms with Crippen LogP contribution in [0, 0.1) is 0 Å². The fourth-order valence-corrected chi connectivity index (χ4v) is 3.90. The fourth-order valence-electron chi connectivity index (χ4n) is 3.40. The van der Waals surface area contributed by atoms with Gasteiger partial charge in [0, 0.05) is 21.3 Å². The van der Waals surface area contributed by atoms with Gasteiger partial charge in [-0.2, -0.15) is 0 Å². The van der Waals surface area contributed by atoms with Crippen LogP contribution in [0.5, 0.6) is 0 Å². The van der Waals surface area contributed by atoms with Gasteiger partial charge in [-0.15, -0.1) is 0 Å². The van der Waals surface area contributed by atoms with E-state index in [1.807, 2.05) is 36.4 Å². The van der Waals surface area contributed by atoms with Gasteiger partial charge in [0.25, 0.3) is 0 Å². The van der Waals surface area contributed by atoms with Crippen LogP contribution in [0.2, 0.25) is 10.0 Å². The Bertz CT molecular complexity index is 883. The summed E-state index contributed by atoms with van der Waals surface area (Å²) in [6, 6.07) is 15.9. The molecule has 0 spiro atoms.